The van der Waals surface area contributed by atoms with E-state index >= 15 is 0 Å². The predicted octanol–water partition coefficient (Wildman–Crippen LogP) is 1.54. The lowest BCUT2D eigenvalue weighted by atomic mass is 10.2. The molecular formula is C14H15N5O2. The minimum absolute atomic E-state index is 0.0115. The van der Waals surface area contributed by atoms with Gasteiger partial charge in [-0.15, -0.1) is 5.10 Å². The highest BCUT2D eigenvalue weighted by Gasteiger charge is 2.18. The van der Waals surface area contributed by atoms with Crippen molar-refractivity contribution < 1.29 is 9.90 Å². The summed E-state index contributed by atoms with van der Waals surface area (Å²) in [4.78, 5) is 15.7. The molecule has 7 heteroatoms. The molecule has 0 aliphatic rings. The van der Waals surface area contributed by atoms with Crippen LogP contribution < -0.4 is 0 Å². The smallest absolute Gasteiger partial charge is 0.358 e. The molecule has 21 heavy (non-hydrogen) atoms. The molecule has 0 amide bonds. The maximum Gasteiger partial charge on any atom is 0.358 e. The van der Waals surface area contributed by atoms with E-state index in [0.29, 0.717) is 18.7 Å². The number of carboxylic acids is 1. The molecule has 0 saturated heterocycles. The van der Waals surface area contributed by atoms with E-state index in [-0.39, 0.29) is 5.69 Å². The number of aryl methyl sites for hydroxylation is 1. The molecule has 0 saturated carbocycles. The number of fused-ring (bicyclic) bond motifs is 1. The van der Waals surface area contributed by atoms with E-state index in [1.54, 1.807) is 4.68 Å². The molecule has 0 spiro atoms. The second-order valence-electron chi connectivity index (χ2n) is 4.86. The molecule has 0 aliphatic carbocycles. The molecule has 0 bridgehead atoms. The second kappa shape index (κ2) is 5.01. The van der Waals surface area contributed by atoms with Gasteiger partial charge >= 0.3 is 5.97 Å². The molecule has 1 N–H and O–H groups in total. The van der Waals surface area contributed by atoms with Gasteiger partial charge in [0, 0.05) is 12.4 Å². The molecular weight excluding hydrogens is 270 g/mol. The van der Waals surface area contributed by atoms with Crippen molar-refractivity contribution in [3.05, 3.63) is 47.2 Å². The lowest BCUT2D eigenvalue weighted by Gasteiger charge is -2.02. The van der Waals surface area contributed by atoms with Gasteiger partial charge in [0.1, 0.15) is 5.65 Å². The second-order valence-corrected chi connectivity index (χ2v) is 4.86. The molecule has 3 aromatic heterocycles. The fourth-order valence-electron chi connectivity index (χ4n) is 2.41. The van der Waals surface area contributed by atoms with Crippen molar-refractivity contribution in [2.24, 2.45) is 0 Å². The summed E-state index contributed by atoms with van der Waals surface area (Å²) in [6, 6.07) is 3.96. The van der Waals surface area contributed by atoms with Crippen molar-refractivity contribution in [3.63, 3.8) is 0 Å². The molecule has 0 fully saturated rings. The first kappa shape index (κ1) is 13.3. The van der Waals surface area contributed by atoms with Crippen molar-refractivity contribution in [1.29, 1.82) is 0 Å². The maximum absolute atomic E-state index is 11.1. The van der Waals surface area contributed by atoms with E-state index in [1.165, 1.54) is 0 Å². The molecule has 7 nitrogen and oxygen atoms in total. The standard InChI is InChI=1S/C14H15N5O2/c1-3-11-12(14(20)21)16-17-19(11)8-10-7-18-6-4-5-9(2)13(18)15-10/h4-7H,3,8H2,1-2H3,(H,20,21). The predicted molar refractivity (Wildman–Crippen MR) is 75.4 cm³/mol. The van der Waals surface area contributed by atoms with Crippen LogP contribution in [0.25, 0.3) is 5.65 Å². The Bertz CT molecular complexity index is 818. The molecule has 0 aromatic carbocycles. The number of aromatic nitrogens is 5. The fourth-order valence-corrected chi connectivity index (χ4v) is 2.41. The van der Waals surface area contributed by atoms with Crippen LogP contribution in [0.15, 0.2) is 24.5 Å². The first-order valence-corrected chi connectivity index (χ1v) is 6.69. The Morgan fingerprint density at radius 1 is 1.43 bits per heavy atom. The topological polar surface area (TPSA) is 85.3 Å². The summed E-state index contributed by atoms with van der Waals surface area (Å²) in [5, 5.41) is 16.8. The Hall–Kier alpha value is -2.70. The number of hydrogen-bond donors (Lipinski definition) is 1. The summed E-state index contributed by atoms with van der Waals surface area (Å²) in [5.74, 6) is -1.05. The van der Waals surface area contributed by atoms with Gasteiger partial charge < -0.3 is 9.51 Å². The number of pyridine rings is 1. The highest BCUT2D eigenvalue weighted by molar-refractivity contribution is 5.86. The van der Waals surface area contributed by atoms with Gasteiger partial charge in [0.15, 0.2) is 5.69 Å². The van der Waals surface area contributed by atoms with Crippen LogP contribution in [0.3, 0.4) is 0 Å². The van der Waals surface area contributed by atoms with Gasteiger partial charge in [0.2, 0.25) is 0 Å². The lowest BCUT2D eigenvalue weighted by molar-refractivity contribution is 0.0689. The Labute approximate surface area is 120 Å². The lowest BCUT2D eigenvalue weighted by Crippen LogP contribution is -2.08. The van der Waals surface area contributed by atoms with Crippen LogP contribution in [0, 0.1) is 6.92 Å². The van der Waals surface area contributed by atoms with Crippen LogP contribution >= 0.6 is 0 Å². The number of rotatable bonds is 4. The van der Waals surface area contributed by atoms with Gasteiger partial charge in [-0.2, -0.15) is 0 Å². The summed E-state index contributed by atoms with van der Waals surface area (Å²) >= 11 is 0. The van der Waals surface area contributed by atoms with Gasteiger partial charge in [-0.3, -0.25) is 0 Å². The zero-order valence-corrected chi connectivity index (χ0v) is 11.8. The number of hydrogen-bond acceptors (Lipinski definition) is 4. The maximum atomic E-state index is 11.1. The number of imidazole rings is 1. The summed E-state index contributed by atoms with van der Waals surface area (Å²) in [5.41, 5.74) is 3.42. The van der Waals surface area contributed by atoms with E-state index < -0.39 is 5.97 Å². The van der Waals surface area contributed by atoms with Crippen LogP contribution in [0.5, 0.6) is 0 Å². The Kier molecular flexibility index (Phi) is 3.17. The van der Waals surface area contributed by atoms with E-state index in [4.69, 9.17) is 5.11 Å². The van der Waals surface area contributed by atoms with Crippen LogP contribution in [-0.4, -0.2) is 35.5 Å². The molecule has 0 aliphatic heterocycles. The highest BCUT2D eigenvalue weighted by atomic mass is 16.4. The van der Waals surface area contributed by atoms with Crippen molar-refractivity contribution in [1.82, 2.24) is 24.4 Å². The zero-order chi connectivity index (χ0) is 15.0. The third kappa shape index (κ3) is 2.26. The van der Waals surface area contributed by atoms with Crippen LogP contribution in [-0.2, 0) is 13.0 Å². The first-order chi connectivity index (χ1) is 10.1. The monoisotopic (exact) mass is 285 g/mol. The Morgan fingerprint density at radius 2 is 2.24 bits per heavy atom. The van der Waals surface area contributed by atoms with E-state index in [0.717, 1.165) is 16.9 Å². The molecule has 3 rings (SSSR count). The average molecular weight is 285 g/mol. The summed E-state index contributed by atoms with van der Waals surface area (Å²) in [7, 11) is 0. The zero-order valence-electron chi connectivity index (χ0n) is 11.8. The summed E-state index contributed by atoms with van der Waals surface area (Å²) < 4.78 is 3.55. The Morgan fingerprint density at radius 3 is 2.90 bits per heavy atom. The minimum Gasteiger partial charge on any atom is -0.476 e. The highest BCUT2D eigenvalue weighted by Crippen LogP contribution is 2.13. The third-order valence-electron chi connectivity index (χ3n) is 3.41. The van der Waals surface area contributed by atoms with Gasteiger partial charge in [-0.25, -0.2) is 14.5 Å². The number of aromatic carboxylic acids is 1. The molecule has 3 aromatic rings. The SMILES string of the molecule is CCc1c(C(=O)O)nnn1Cc1cn2cccc(C)c2n1. The van der Waals surface area contributed by atoms with Crippen molar-refractivity contribution in [2.75, 3.05) is 0 Å². The summed E-state index contributed by atoms with van der Waals surface area (Å²) in [6.07, 6.45) is 4.41. The van der Waals surface area contributed by atoms with Crippen LogP contribution in [0.1, 0.15) is 34.4 Å². The van der Waals surface area contributed by atoms with Gasteiger partial charge in [0.05, 0.1) is 17.9 Å². The largest absolute Gasteiger partial charge is 0.476 e. The first-order valence-electron chi connectivity index (χ1n) is 6.69. The van der Waals surface area contributed by atoms with E-state index in [9.17, 15) is 4.79 Å². The minimum atomic E-state index is -1.05. The summed E-state index contributed by atoms with van der Waals surface area (Å²) in [6.45, 7) is 4.29. The fraction of sp³-hybridized carbons (Fsp3) is 0.286. The molecule has 0 atom stereocenters. The van der Waals surface area contributed by atoms with Crippen molar-refractivity contribution in [3.8, 4) is 0 Å². The molecule has 0 unspecified atom stereocenters. The van der Waals surface area contributed by atoms with Gasteiger partial charge in [-0.05, 0) is 25.0 Å². The van der Waals surface area contributed by atoms with Gasteiger partial charge in [-0.1, -0.05) is 18.2 Å². The number of carbonyl (C=O) groups is 1. The average Bonchev–Trinajstić information content (AvgIpc) is 3.03. The molecule has 108 valence electrons. The normalized spacial score (nSPS) is 11.1. The number of nitrogens with zero attached hydrogens (tertiary/aromatic N) is 5. The van der Waals surface area contributed by atoms with E-state index in [2.05, 4.69) is 15.3 Å². The molecule has 3 heterocycles. The van der Waals surface area contributed by atoms with Crippen LogP contribution in [0.2, 0.25) is 0 Å². The molecule has 0 radical (unpaired) electrons. The van der Waals surface area contributed by atoms with Crippen molar-refractivity contribution >= 4 is 11.6 Å². The number of carboxylic acid groups (broad SMARTS) is 1. The third-order valence-corrected chi connectivity index (χ3v) is 3.41. The quantitative estimate of drug-likeness (QED) is 0.786. The van der Waals surface area contributed by atoms with E-state index in [1.807, 2.05) is 42.8 Å². The van der Waals surface area contributed by atoms with Crippen molar-refractivity contribution in [2.45, 2.75) is 26.8 Å². The van der Waals surface area contributed by atoms with Gasteiger partial charge in [0.25, 0.3) is 0 Å². The Balaban J connectivity index is 1.99. The van der Waals surface area contributed by atoms with Crippen LogP contribution in [0.4, 0.5) is 0 Å².